The molecule has 0 saturated heterocycles. The Morgan fingerprint density at radius 3 is 1.78 bits per heavy atom. The molecule has 9 aromatic carbocycles. The highest BCUT2D eigenvalue weighted by molar-refractivity contribution is 6.28. The molecule has 3 heterocycles. The first-order valence-electron chi connectivity index (χ1n) is 18.2. The van der Waals surface area contributed by atoms with Gasteiger partial charge >= 0.3 is 0 Å². The average Bonchev–Trinajstić information content (AvgIpc) is 3.92. The second kappa shape index (κ2) is 11.1. The van der Waals surface area contributed by atoms with Gasteiger partial charge in [-0.2, -0.15) is 0 Å². The molecule has 4 nitrogen and oxygen atoms in total. The van der Waals surface area contributed by atoms with E-state index in [-0.39, 0.29) is 0 Å². The van der Waals surface area contributed by atoms with E-state index in [0.717, 1.165) is 93.7 Å². The highest BCUT2D eigenvalue weighted by atomic mass is 16.3. The summed E-state index contributed by atoms with van der Waals surface area (Å²) >= 11 is 0. The van der Waals surface area contributed by atoms with Crippen LogP contribution >= 0.6 is 0 Å². The Kier molecular flexibility index (Phi) is 6.02. The van der Waals surface area contributed by atoms with E-state index in [0.29, 0.717) is 0 Å². The molecule has 0 aliphatic carbocycles. The summed E-state index contributed by atoms with van der Waals surface area (Å²) < 4.78 is 19.6. The lowest BCUT2D eigenvalue weighted by Crippen LogP contribution is -2.10. The van der Waals surface area contributed by atoms with E-state index in [2.05, 4.69) is 157 Å². The zero-order valence-corrected chi connectivity index (χ0v) is 28.9. The lowest BCUT2D eigenvalue weighted by atomic mass is 9.98. The number of hydrogen-bond donors (Lipinski definition) is 0. The van der Waals surface area contributed by atoms with Gasteiger partial charge in [-0.1, -0.05) is 109 Å². The predicted molar refractivity (Wildman–Crippen MR) is 223 cm³/mol. The second-order valence-corrected chi connectivity index (χ2v) is 14.0. The molecule has 3 aromatic heterocycles. The largest absolute Gasteiger partial charge is 0.456 e. The first-order chi connectivity index (χ1) is 26.8. The second-order valence-electron chi connectivity index (χ2n) is 14.0. The van der Waals surface area contributed by atoms with Crippen LogP contribution < -0.4 is 4.90 Å². The predicted octanol–water partition coefficient (Wildman–Crippen LogP) is 14.8. The number of anilines is 3. The Morgan fingerprint density at radius 2 is 0.926 bits per heavy atom. The third-order valence-corrected chi connectivity index (χ3v) is 11.0. The molecule has 54 heavy (non-hydrogen) atoms. The van der Waals surface area contributed by atoms with Gasteiger partial charge in [-0.15, -0.1) is 0 Å². The van der Waals surface area contributed by atoms with E-state index in [1.165, 1.54) is 21.9 Å². The van der Waals surface area contributed by atoms with Crippen molar-refractivity contribution >= 4 is 104 Å². The van der Waals surface area contributed by atoms with E-state index in [1.54, 1.807) is 0 Å². The molecular formula is C50H29NO3. The molecular weight excluding hydrogens is 663 g/mol. The Hall–Kier alpha value is -7.30. The maximum Gasteiger partial charge on any atom is 0.143 e. The van der Waals surface area contributed by atoms with Crippen LogP contribution in [-0.4, -0.2) is 0 Å². The van der Waals surface area contributed by atoms with Crippen LogP contribution in [0.3, 0.4) is 0 Å². The standard InChI is InChI=1S/C50H29NO3/c1-3-12-35-30(9-1)11-7-15-36(35)32-19-22-33(23-20-32)51(41-16-8-18-44-47(41)38-14-5-6-17-42(38)52-44)34-24-26-43-40(29-34)49-45(53-43)27-28-46-48(49)39-25-21-31-10-2-4-13-37(31)50(39)54-46/h1-29H. The first-order valence-corrected chi connectivity index (χ1v) is 18.2. The van der Waals surface area contributed by atoms with Crippen LogP contribution in [0, 0.1) is 0 Å². The summed E-state index contributed by atoms with van der Waals surface area (Å²) in [5.74, 6) is 0. The van der Waals surface area contributed by atoms with Gasteiger partial charge in [-0.25, -0.2) is 0 Å². The summed E-state index contributed by atoms with van der Waals surface area (Å²) in [7, 11) is 0. The van der Waals surface area contributed by atoms with Crippen LogP contribution in [0.4, 0.5) is 17.1 Å². The van der Waals surface area contributed by atoms with Crippen LogP contribution in [0.2, 0.25) is 0 Å². The van der Waals surface area contributed by atoms with Crippen LogP contribution in [-0.2, 0) is 0 Å². The molecule has 0 fully saturated rings. The van der Waals surface area contributed by atoms with Gasteiger partial charge in [0, 0.05) is 43.7 Å². The van der Waals surface area contributed by atoms with E-state index >= 15 is 0 Å². The van der Waals surface area contributed by atoms with Gasteiger partial charge < -0.3 is 18.2 Å². The topological polar surface area (TPSA) is 42.7 Å². The molecule has 12 aromatic rings. The van der Waals surface area contributed by atoms with Crippen molar-refractivity contribution in [1.29, 1.82) is 0 Å². The van der Waals surface area contributed by atoms with Gasteiger partial charge in [-0.3, -0.25) is 0 Å². The average molecular weight is 692 g/mol. The molecule has 12 rings (SSSR count). The monoisotopic (exact) mass is 691 g/mol. The molecule has 0 saturated carbocycles. The molecule has 0 amide bonds. The minimum Gasteiger partial charge on any atom is -0.456 e. The number of fused-ring (bicyclic) bond motifs is 13. The van der Waals surface area contributed by atoms with Crippen molar-refractivity contribution in [1.82, 2.24) is 0 Å². The molecule has 4 heteroatoms. The van der Waals surface area contributed by atoms with Crippen molar-refractivity contribution in [3.05, 3.63) is 176 Å². The van der Waals surface area contributed by atoms with E-state index in [4.69, 9.17) is 13.3 Å². The number of hydrogen-bond acceptors (Lipinski definition) is 4. The zero-order valence-electron chi connectivity index (χ0n) is 28.9. The van der Waals surface area contributed by atoms with Gasteiger partial charge in [0.1, 0.15) is 33.5 Å². The number of para-hydroxylation sites is 1. The first kappa shape index (κ1) is 29.3. The minimum absolute atomic E-state index is 0.828. The lowest BCUT2D eigenvalue weighted by Gasteiger charge is -2.26. The van der Waals surface area contributed by atoms with Crippen molar-refractivity contribution < 1.29 is 13.3 Å². The fraction of sp³-hybridized carbons (Fsp3) is 0. The Labute approximate surface area is 308 Å². The summed E-state index contributed by atoms with van der Waals surface area (Å²) in [4.78, 5) is 2.34. The third-order valence-electron chi connectivity index (χ3n) is 11.0. The zero-order chi connectivity index (χ0) is 35.3. The molecule has 0 atom stereocenters. The van der Waals surface area contributed by atoms with Crippen molar-refractivity contribution in [2.24, 2.45) is 0 Å². The fourth-order valence-corrected chi connectivity index (χ4v) is 8.63. The van der Waals surface area contributed by atoms with Gasteiger partial charge in [0.15, 0.2) is 0 Å². The number of furan rings is 3. The summed E-state index contributed by atoms with van der Waals surface area (Å²) in [5.41, 5.74) is 10.6. The number of rotatable bonds is 4. The van der Waals surface area contributed by atoms with Gasteiger partial charge in [0.05, 0.1) is 11.1 Å². The van der Waals surface area contributed by atoms with Crippen LogP contribution in [0.15, 0.2) is 189 Å². The van der Waals surface area contributed by atoms with E-state index < -0.39 is 0 Å². The van der Waals surface area contributed by atoms with Crippen LogP contribution in [0.25, 0.3) is 98.5 Å². The Balaban J connectivity index is 1.11. The quantitative estimate of drug-likeness (QED) is 0.184. The third kappa shape index (κ3) is 4.19. The van der Waals surface area contributed by atoms with Crippen molar-refractivity contribution in [3.63, 3.8) is 0 Å². The number of benzene rings is 9. The van der Waals surface area contributed by atoms with Gasteiger partial charge in [0.2, 0.25) is 0 Å². The van der Waals surface area contributed by atoms with Crippen molar-refractivity contribution in [3.8, 4) is 11.1 Å². The summed E-state index contributed by atoms with van der Waals surface area (Å²) in [6.07, 6.45) is 0. The fourth-order valence-electron chi connectivity index (χ4n) is 8.63. The van der Waals surface area contributed by atoms with Gasteiger partial charge in [0.25, 0.3) is 0 Å². The molecule has 0 aliphatic rings. The Bertz CT molecular complexity index is 3450. The molecule has 0 spiro atoms. The van der Waals surface area contributed by atoms with Crippen LogP contribution in [0.5, 0.6) is 0 Å². The van der Waals surface area contributed by atoms with Crippen LogP contribution in [0.1, 0.15) is 0 Å². The summed E-state index contributed by atoms with van der Waals surface area (Å²) in [6, 6.07) is 61.9. The maximum atomic E-state index is 6.60. The smallest absolute Gasteiger partial charge is 0.143 e. The van der Waals surface area contributed by atoms with E-state index in [1.807, 2.05) is 24.3 Å². The van der Waals surface area contributed by atoms with Gasteiger partial charge in [-0.05, 0) is 94.0 Å². The normalized spacial score (nSPS) is 12.1. The molecule has 0 unspecified atom stereocenters. The maximum absolute atomic E-state index is 6.60. The highest BCUT2D eigenvalue weighted by Gasteiger charge is 2.22. The van der Waals surface area contributed by atoms with E-state index in [9.17, 15) is 0 Å². The molecule has 252 valence electrons. The Morgan fingerprint density at radius 1 is 0.333 bits per heavy atom. The molecule has 0 bridgehead atoms. The SMILES string of the molecule is c1ccc2c(-c3ccc(N(c4ccc5oc6ccc7oc8c9ccccc9ccc8c7c6c5c4)c4cccc5oc6ccccc6c45)cc3)cccc2c1. The minimum atomic E-state index is 0.828. The number of nitrogens with zero attached hydrogens (tertiary/aromatic N) is 1. The van der Waals surface area contributed by atoms with Crippen molar-refractivity contribution in [2.75, 3.05) is 4.90 Å². The van der Waals surface area contributed by atoms with Crippen molar-refractivity contribution in [2.45, 2.75) is 0 Å². The molecule has 0 aliphatic heterocycles. The highest BCUT2D eigenvalue weighted by Crippen LogP contribution is 2.47. The molecule has 0 N–H and O–H groups in total. The summed E-state index contributed by atoms with van der Waals surface area (Å²) in [6.45, 7) is 0. The summed E-state index contributed by atoms with van der Waals surface area (Å²) in [5, 5.41) is 11.1. The lowest BCUT2D eigenvalue weighted by molar-refractivity contribution is 0.664. The molecule has 0 radical (unpaired) electrons.